The molecule has 50 heavy (non-hydrogen) atoms. The summed E-state index contributed by atoms with van der Waals surface area (Å²) in [6.07, 6.45) is 1.49. The minimum atomic E-state index is -0.550. The van der Waals surface area contributed by atoms with Gasteiger partial charge in [-0.25, -0.2) is 0 Å². The fraction of sp³-hybridized carbons (Fsp3) is 0.0250. The Kier molecular flexibility index (Phi) is 11.3. The molecular formula is C40H29BrClN3O4S. The first-order valence-corrected chi connectivity index (χ1v) is 17.5. The molecule has 1 atom stereocenters. The number of furan rings is 1. The summed E-state index contributed by atoms with van der Waals surface area (Å²) in [5.41, 5.74) is 3.23. The van der Waals surface area contributed by atoms with Crippen molar-refractivity contribution in [3.63, 3.8) is 0 Å². The molecule has 0 aliphatic carbocycles. The van der Waals surface area contributed by atoms with Gasteiger partial charge in [-0.15, -0.1) is 11.8 Å². The van der Waals surface area contributed by atoms with Crippen LogP contribution in [0.15, 0.2) is 165 Å². The molecule has 7 nitrogen and oxygen atoms in total. The first-order valence-electron chi connectivity index (χ1n) is 15.4. The molecule has 1 unspecified atom stereocenters. The van der Waals surface area contributed by atoms with Crippen LogP contribution in [0.4, 0.5) is 11.4 Å². The maximum atomic E-state index is 13.6. The summed E-state index contributed by atoms with van der Waals surface area (Å²) in [6.45, 7) is 0. The molecule has 10 heteroatoms. The van der Waals surface area contributed by atoms with E-state index in [2.05, 4.69) is 31.9 Å². The van der Waals surface area contributed by atoms with Gasteiger partial charge in [-0.3, -0.25) is 14.4 Å². The van der Waals surface area contributed by atoms with Crippen LogP contribution in [-0.4, -0.2) is 17.7 Å². The van der Waals surface area contributed by atoms with Crippen molar-refractivity contribution in [1.29, 1.82) is 0 Å². The van der Waals surface area contributed by atoms with Gasteiger partial charge in [0.05, 0.1) is 0 Å². The van der Waals surface area contributed by atoms with Crippen molar-refractivity contribution in [3.8, 4) is 11.3 Å². The molecule has 0 bridgehead atoms. The van der Waals surface area contributed by atoms with Crippen LogP contribution < -0.4 is 16.0 Å². The number of carbonyl (C=O) groups is 3. The molecule has 1 aromatic heterocycles. The monoisotopic (exact) mass is 761 g/mol. The standard InChI is InChI=1S/C40H29BrClN3O4S/c41-29-13-11-26(12-14-29)36-24-21-33(49-36)25-35(45-38(46)28-9-5-2-6-10-28)39(47)43-32-19-22-34(23-20-32)50-37(27-7-3-1-4-8-27)40(48)44-31-17-15-30(42)16-18-31/h1-25,37H,(H,43,47)(H,44,48)(H,45,46)/b35-25-. The number of hydrogen-bond acceptors (Lipinski definition) is 5. The van der Waals surface area contributed by atoms with Gasteiger partial charge in [0.1, 0.15) is 22.5 Å². The Labute approximate surface area is 306 Å². The van der Waals surface area contributed by atoms with Crippen molar-refractivity contribution in [1.82, 2.24) is 5.32 Å². The molecule has 6 rings (SSSR count). The minimum Gasteiger partial charge on any atom is -0.457 e. The highest BCUT2D eigenvalue weighted by Crippen LogP contribution is 2.37. The van der Waals surface area contributed by atoms with Gasteiger partial charge in [-0.1, -0.05) is 88.2 Å². The lowest BCUT2D eigenvalue weighted by Gasteiger charge is -2.17. The van der Waals surface area contributed by atoms with E-state index in [9.17, 15) is 14.4 Å². The first kappa shape index (κ1) is 34.5. The highest BCUT2D eigenvalue weighted by Gasteiger charge is 2.23. The summed E-state index contributed by atoms with van der Waals surface area (Å²) in [6, 6.07) is 43.4. The average Bonchev–Trinajstić information content (AvgIpc) is 3.61. The topological polar surface area (TPSA) is 100 Å². The van der Waals surface area contributed by atoms with Crippen LogP contribution in [0.2, 0.25) is 5.02 Å². The minimum absolute atomic E-state index is 0.00276. The van der Waals surface area contributed by atoms with Crippen LogP contribution in [0.5, 0.6) is 0 Å². The molecule has 0 spiro atoms. The molecule has 248 valence electrons. The summed E-state index contributed by atoms with van der Waals surface area (Å²) in [5, 5.41) is 8.61. The Bertz CT molecular complexity index is 2120. The maximum Gasteiger partial charge on any atom is 0.272 e. The predicted molar refractivity (Wildman–Crippen MR) is 204 cm³/mol. The van der Waals surface area contributed by atoms with Crippen LogP contribution in [0.3, 0.4) is 0 Å². The molecule has 0 fully saturated rings. The predicted octanol–water partition coefficient (Wildman–Crippen LogP) is 10.2. The number of amides is 3. The lowest BCUT2D eigenvalue weighted by Crippen LogP contribution is -2.30. The fourth-order valence-corrected chi connectivity index (χ4v) is 6.29. The lowest BCUT2D eigenvalue weighted by molar-refractivity contribution is -0.116. The van der Waals surface area contributed by atoms with Crippen molar-refractivity contribution in [2.45, 2.75) is 10.1 Å². The number of carbonyl (C=O) groups excluding carboxylic acids is 3. The summed E-state index contributed by atoms with van der Waals surface area (Å²) in [7, 11) is 0. The molecule has 3 amide bonds. The van der Waals surface area contributed by atoms with Crippen LogP contribution in [-0.2, 0) is 9.59 Å². The SMILES string of the molecule is O=C(Nc1ccc(SC(C(=O)Nc2ccc(Cl)cc2)c2ccccc2)cc1)/C(=C/c1ccc(-c2ccc(Br)cc2)o1)NC(=O)c1ccccc1. The number of halogens is 2. The summed E-state index contributed by atoms with van der Waals surface area (Å²) < 4.78 is 6.96. The van der Waals surface area contributed by atoms with Crippen LogP contribution >= 0.6 is 39.3 Å². The zero-order valence-electron chi connectivity index (χ0n) is 26.3. The van der Waals surface area contributed by atoms with E-state index in [4.69, 9.17) is 16.0 Å². The van der Waals surface area contributed by atoms with Gasteiger partial charge in [0.2, 0.25) is 5.91 Å². The van der Waals surface area contributed by atoms with Crippen molar-refractivity contribution in [2.75, 3.05) is 10.6 Å². The smallest absolute Gasteiger partial charge is 0.272 e. The molecule has 0 saturated heterocycles. The third-order valence-electron chi connectivity index (χ3n) is 7.39. The molecular weight excluding hydrogens is 734 g/mol. The molecule has 0 aliphatic rings. The largest absolute Gasteiger partial charge is 0.457 e. The molecule has 1 heterocycles. The van der Waals surface area contributed by atoms with Gasteiger partial charge in [-0.05, 0) is 90.5 Å². The van der Waals surface area contributed by atoms with E-state index in [0.29, 0.717) is 33.5 Å². The number of nitrogens with one attached hydrogen (secondary N) is 3. The second-order valence-electron chi connectivity index (χ2n) is 11.0. The normalized spacial score (nSPS) is 11.8. The number of hydrogen-bond donors (Lipinski definition) is 3. The number of anilines is 2. The number of thioether (sulfide) groups is 1. The van der Waals surface area contributed by atoms with Gasteiger partial charge >= 0.3 is 0 Å². The van der Waals surface area contributed by atoms with Crippen molar-refractivity contribution < 1.29 is 18.8 Å². The number of benzene rings is 5. The Morgan fingerprint density at radius 2 is 1.32 bits per heavy atom. The average molecular weight is 763 g/mol. The van der Waals surface area contributed by atoms with E-state index in [-0.39, 0.29) is 11.6 Å². The fourth-order valence-electron chi connectivity index (χ4n) is 4.88. The molecule has 0 aliphatic heterocycles. The van der Waals surface area contributed by atoms with Gasteiger partial charge in [0.15, 0.2) is 0 Å². The molecule has 0 radical (unpaired) electrons. The number of rotatable bonds is 11. The summed E-state index contributed by atoms with van der Waals surface area (Å²) in [4.78, 5) is 41.0. The van der Waals surface area contributed by atoms with Gasteiger partial charge in [0.25, 0.3) is 11.8 Å². The zero-order chi connectivity index (χ0) is 34.9. The molecule has 5 aromatic carbocycles. The van der Waals surface area contributed by atoms with E-state index in [0.717, 1.165) is 20.5 Å². The second-order valence-corrected chi connectivity index (χ2v) is 13.5. The van der Waals surface area contributed by atoms with E-state index in [1.54, 1.807) is 72.8 Å². The Hall–Kier alpha value is -5.35. The molecule has 0 saturated carbocycles. The Balaban J connectivity index is 1.20. The van der Waals surface area contributed by atoms with Crippen LogP contribution in [0.1, 0.15) is 26.9 Å². The van der Waals surface area contributed by atoms with Gasteiger partial charge in [-0.2, -0.15) is 0 Å². The van der Waals surface area contributed by atoms with E-state index in [1.165, 1.54) is 17.8 Å². The summed E-state index contributed by atoms with van der Waals surface area (Å²) in [5.74, 6) is -0.173. The van der Waals surface area contributed by atoms with E-state index < -0.39 is 17.1 Å². The molecule has 6 aromatic rings. The first-order chi connectivity index (χ1) is 24.3. The van der Waals surface area contributed by atoms with Gasteiger partial charge < -0.3 is 20.4 Å². The van der Waals surface area contributed by atoms with Crippen LogP contribution in [0, 0.1) is 0 Å². The third kappa shape index (κ3) is 9.21. The summed E-state index contributed by atoms with van der Waals surface area (Å²) >= 11 is 10.8. The van der Waals surface area contributed by atoms with E-state index in [1.807, 2.05) is 72.8 Å². The Morgan fingerprint density at radius 3 is 2.00 bits per heavy atom. The van der Waals surface area contributed by atoms with E-state index >= 15 is 0 Å². The highest BCUT2D eigenvalue weighted by atomic mass is 79.9. The quantitative estimate of drug-likeness (QED) is 0.0902. The second kappa shape index (κ2) is 16.4. The maximum absolute atomic E-state index is 13.6. The zero-order valence-corrected chi connectivity index (χ0v) is 29.5. The third-order valence-corrected chi connectivity index (χ3v) is 9.44. The van der Waals surface area contributed by atoms with Gasteiger partial charge in [0, 0.05) is 43.0 Å². The Morgan fingerprint density at radius 1 is 0.700 bits per heavy atom. The lowest BCUT2D eigenvalue weighted by atomic mass is 10.1. The van der Waals surface area contributed by atoms with Crippen LogP contribution in [0.25, 0.3) is 17.4 Å². The highest BCUT2D eigenvalue weighted by molar-refractivity contribution is 9.10. The van der Waals surface area contributed by atoms with Crippen molar-refractivity contribution in [3.05, 3.63) is 178 Å². The van der Waals surface area contributed by atoms with Crippen molar-refractivity contribution in [2.24, 2.45) is 0 Å². The molecule has 3 N–H and O–H groups in total. The van der Waals surface area contributed by atoms with Crippen molar-refractivity contribution >= 4 is 74.5 Å².